The van der Waals surface area contributed by atoms with Crippen molar-refractivity contribution in [3.05, 3.63) is 67.0 Å². The summed E-state index contributed by atoms with van der Waals surface area (Å²) in [5, 5.41) is 26.7. The van der Waals surface area contributed by atoms with Crippen LogP contribution in [0.2, 0.25) is 0 Å². The van der Waals surface area contributed by atoms with Gasteiger partial charge in [0, 0.05) is 38.7 Å². The molecule has 0 aliphatic carbocycles. The molecule has 0 atom stereocenters. The lowest BCUT2D eigenvalue weighted by atomic mass is 9.91. The number of carbonyl (C=O) groups is 1. The van der Waals surface area contributed by atoms with Crippen LogP contribution in [0.5, 0.6) is 17.2 Å². The zero-order valence-corrected chi connectivity index (χ0v) is 24.1. The van der Waals surface area contributed by atoms with Crippen LogP contribution in [0.4, 0.5) is 14.5 Å². The third-order valence-electron chi connectivity index (χ3n) is 7.56. The molecular weight excluding hydrogens is 576 g/mol. The molecule has 1 fully saturated rings. The van der Waals surface area contributed by atoms with Crippen molar-refractivity contribution in [1.82, 2.24) is 39.1 Å². The standard InChI is InChI=1S/C29H31F2N9O4/c1-3-38-11-7-29(42,8-12-38)18-39-16-20(14-33-39)43-19-5-6-24(44-28(30)31)21(13-19)25-23(17-37(2)36-25)35-27(41)22-15-34-40-10-4-9-32-26(22)40/h4-6,9-10,13-17,28,42H,3,7-8,11-12,18H2,1-2H3,(H,35,41). The van der Waals surface area contributed by atoms with Gasteiger partial charge in [-0.25, -0.2) is 9.50 Å². The molecule has 1 aliphatic heterocycles. The Hall–Kier alpha value is -4.89. The van der Waals surface area contributed by atoms with Crippen molar-refractivity contribution in [3.8, 4) is 28.5 Å². The number of amides is 1. The van der Waals surface area contributed by atoms with Gasteiger partial charge < -0.3 is 24.8 Å². The smallest absolute Gasteiger partial charge is 0.387 e. The molecule has 13 nitrogen and oxygen atoms in total. The molecular formula is C29H31F2N9O4. The fraction of sp³-hybridized carbons (Fsp3) is 0.345. The maximum absolute atomic E-state index is 13.4. The third kappa shape index (κ3) is 6.23. The molecule has 1 saturated heterocycles. The van der Waals surface area contributed by atoms with Gasteiger partial charge in [0.2, 0.25) is 0 Å². The minimum atomic E-state index is -3.10. The summed E-state index contributed by atoms with van der Waals surface area (Å²) in [5.41, 5.74) is 0.309. The van der Waals surface area contributed by atoms with Gasteiger partial charge in [0.05, 0.1) is 42.0 Å². The number of piperidine rings is 1. The predicted molar refractivity (Wildman–Crippen MR) is 155 cm³/mol. The van der Waals surface area contributed by atoms with Gasteiger partial charge in [0.15, 0.2) is 11.4 Å². The SMILES string of the molecule is CCN1CCC(O)(Cn2cc(Oc3ccc(OC(F)F)c(-c4nn(C)cc4NC(=O)c4cnn5cccnc45)c3)cn2)CC1. The van der Waals surface area contributed by atoms with Crippen LogP contribution in [0.15, 0.2) is 61.4 Å². The Morgan fingerprint density at radius 1 is 1.16 bits per heavy atom. The number of halogens is 2. The van der Waals surface area contributed by atoms with E-state index in [0.717, 1.165) is 19.6 Å². The average Bonchev–Trinajstić information content (AvgIpc) is 3.72. The molecule has 4 aromatic heterocycles. The highest BCUT2D eigenvalue weighted by Gasteiger charge is 2.32. The molecule has 0 radical (unpaired) electrons. The molecule has 6 rings (SSSR count). The summed E-state index contributed by atoms with van der Waals surface area (Å²) in [6, 6.07) is 6.02. The molecule has 5 aromatic rings. The Morgan fingerprint density at radius 2 is 1.98 bits per heavy atom. The van der Waals surface area contributed by atoms with Gasteiger partial charge in [-0.15, -0.1) is 0 Å². The first-order valence-corrected chi connectivity index (χ1v) is 14.1. The molecule has 5 heterocycles. The molecule has 2 N–H and O–H groups in total. The number of aliphatic hydroxyl groups is 1. The van der Waals surface area contributed by atoms with E-state index in [1.54, 1.807) is 42.6 Å². The number of carbonyl (C=O) groups excluding carboxylic acids is 1. The van der Waals surface area contributed by atoms with Crippen LogP contribution in [0.1, 0.15) is 30.1 Å². The number of nitrogens with zero attached hydrogens (tertiary/aromatic N) is 8. The van der Waals surface area contributed by atoms with E-state index in [1.165, 1.54) is 39.8 Å². The summed E-state index contributed by atoms with van der Waals surface area (Å²) in [7, 11) is 1.64. The first-order valence-electron chi connectivity index (χ1n) is 14.1. The van der Waals surface area contributed by atoms with Gasteiger partial charge in [-0.3, -0.25) is 14.2 Å². The second kappa shape index (κ2) is 12.0. The van der Waals surface area contributed by atoms with E-state index in [9.17, 15) is 18.7 Å². The van der Waals surface area contributed by atoms with Crippen LogP contribution in [-0.2, 0) is 13.6 Å². The largest absolute Gasteiger partial charge is 0.454 e. The number of rotatable bonds is 10. The number of likely N-dealkylation sites (tertiary alicyclic amines) is 1. The van der Waals surface area contributed by atoms with E-state index in [4.69, 9.17) is 9.47 Å². The van der Waals surface area contributed by atoms with Crippen molar-refractivity contribution in [2.45, 2.75) is 38.5 Å². The minimum absolute atomic E-state index is 0.157. The van der Waals surface area contributed by atoms with Crippen molar-refractivity contribution in [1.29, 1.82) is 0 Å². The Kier molecular flexibility index (Phi) is 7.97. The van der Waals surface area contributed by atoms with Gasteiger partial charge in [-0.2, -0.15) is 24.1 Å². The lowest BCUT2D eigenvalue weighted by molar-refractivity contribution is -0.0495. The highest BCUT2D eigenvalue weighted by atomic mass is 19.3. The number of nitrogens with one attached hydrogen (secondary N) is 1. The maximum atomic E-state index is 13.4. The highest BCUT2D eigenvalue weighted by Crippen LogP contribution is 2.39. The van der Waals surface area contributed by atoms with Crippen LogP contribution in [0, 0.1) is 0 Å². The Balaban J connectivity index is 1.24. The van der Waals surface area contributed by atoms with Gasteiger partial charge in [-0.05, 0) is 43.7 Å². The lowest BCUT2D eigenvalue weighted by Gasteiger charge is -2.37. The highest BCUT2D eigenvalue weighted by molar-refractivity contribution is 6.09. The van der Waals surface area contributed by atoms with Crippen molar-refractivity contribution < 1.29 is 28.2 Å². The van der Waals surface area contributed by atoms with Crippen LogP contribution >= 0.6 is 0 Å². The number of hydrogen-bond acceptors (Lipinski definition) is 9. The number of alkyl halides is 2. The zero-order chi connectivity index (χ0) is 30.8. The number of fused-ring (bicyclic) bond motifs is 1. The van der Waals surface area contributed by atoms with Crippen LogP contribution < -0.4 is 14.8 Å². The second-order valence-electron chi connectivity index (χ2n) is 10.6. The zero-order valence-electron chi connectivity index (χ0n) is 24.1. The number of anilines is 1. The molecule has 1 amide bonds. The van der Waals surface area contributed by atoms with Gasteiger partial charge in [-0.1, -0.05) is 6.92 Å². The Labute approximate surface area is 250 Å². The normalized spacial score (nSPS) is 15.1. The number of ether oxygens (including phenoxy) is 2. The van der Waals surface area contributed by atoms with Crippen molar-refractivity contribution in [2.75, 3.05) is 25.0 Å². The molecule has 0 bridgehead atoms. The number of aromatic nitrogens is 7. The van der Waals surface area contributed by atoms with E-state index >= 15 is 0 Å². The van der Waals surface area contributed by atoms with Gasteiger partial charge >= 0.3 is 6.61 Å². The average molecular weight is 608 g/mol. The lowest BCUT2D eigenvalue weighted by Crippen LogP contribution is -2.46. The number of hydrogen-bond donors (Lipinski definition) is 2. The summed E-state index contributed by atoms with van der Waals surface area (Å²) < 4.78 is 42.1. The fourth-order valence-corrected chi connectivity index (χ4v) is 5.28. The van der Waals surface area contributed by atoms with Gasteiger partial charge in [0.1, 0.15) is 22.8 Å². The molecule has 1 aromatic carbocycles. The quantitative estimate of drug-likeness (QED) is 0.243. The summed E-state index contributed by atoms with van der Waals surface area (Å²) in [4.78, 5) is 19.7. The third-order valence-corrected chi connectivity index (χ3v) is 7.56. The molecule has 0 spiro atoms. The van der Waals surface area contributed by atoms with Gasteiger partial charge in [0.25, 0.3) is 5.91 Å². The topological polar surface area (TPSA) is 137 Å². The monoisotopic (exact) mass is 607 g/mol. The van der Waals surface area contributed by atoms with Crippen molar-refractivity contribution >= 4 is 17.2 Å². The van der Waals surface area contributed by atoms with Crippen molar-refractivity contribution in [2.24, 2.45) is 7.05 Å². The predicted octanol–water partition coefficient (Wildman–Crippen LogP) is 3.82. The van der Waals surface area contributed by atoms with Crippen LogP contribution in [-0.4, -0.2) is 81.9 Å². The van der Waals surface area contributed by atoms with E-state index in [-0.39, 0.29) is 28.3 Å². The van der Waals surface area contributed by atoms with Crippen LogP contribution in [0.25, 0.3) is 16.9 Å². The number of aryl methyl sites for hydroxylation is 1. The first-order chi connectivity index (χ1) is 21.2. The molecule has 44 heavy (non-hydrogen) atoms. The molecule has 0 unspecified atom stereocenters. The molecule has 0 saturated carbocycles. The van der Waals surface area contributed by atoms with E-state index < -0.39 is 18.1 Å². The Morgan fingerprint density at radius 3 is 2.75 bits per heavy atom. The van der Waals surface area contributed by atoms with E-state index in [1.807, 2.05) is 0 Å². The Bertz CT molecular complexity index is 1780. The number of benzene rings is 1. The van der Waals surface area contributed by atoms with Crippen molar-refractivity contribution in [3.63, 3.8) is 0 Å². The maximum Gasteiger partial charge on any atom is 0.387 e. The van der Waals surface area contributed by atoms with Crippen LogP contribution in [0.3, 0.4) is 0 Å². The first kappa shape index (κ1) is 29.2. The fourth-order valence-electron chi connectivity index (χ4n) is 5.28. The molecule has 15 heteroatoms. The minimum Gasteiger partial charge on any atom is -0.454 e. The summed E-state index contributed by atoms with van der Waals surface area (Å²) in [5.74, 6) is 0.0238. The molecule has 230 valence electrons. The second-order valence-corrected chi connectivity index (χ2v) is 10.6. The van der Waals surface area contributed by atoms with E-state index in [0.29, 0.717) is 36.5 Å². The summed E-state index contributed by atoms with van der Waals surface area (Å²) in [6.07, 6.45) is 10.6. The summed E-state index contributed by atoms with van der Waals surface area (Å²) >= 11 is 0. The summed E-state index contributed by atoms with van der Waals surface area (Å²) in [6.45, 7) is 1.91. The van der Waals surface area contributed by atoms with E-state index in [2.05, 4.69) is 37.4 Å². The molecule has 1 aliphatic rings.